The number of hydrogen-bond acceptors (Lipinski definition) is 3. The van der Waals surface area contributed by atoms with Gasteiger partial charge in [-0.3, -0.25) is 4.90 Å². The predicted molar refractivity (Wildman–Crippen MR) is 66.2 cm³/mol. The van der Waals surface area contributed by atoms with E-state index < -0.39 is 0 Å². The molecular weight excluding hydrogens is 204 g/mol. The van der Waals surface area contributed by atoms with Crippen molar-refractivity contribution in [2.24, 2.45) is 5.73 Å². The van der Waals surface area contributed by atoms with E-state index in [0.29, 0.717) is 6.04 Å². The first kappa shape index (κ1) is 11.1. The minimum atomic E-state index is 0.612. The molecule has 0 radical (unpaired) electrons. The molecule has 1 atom stereocenters. The molecule has 2 nitrogen and oxygen atoms in total. The maximum Gasteiger partial charge on any atom is 0.0331 e. The van der Waals surface area contributed by atoms with Crippen LogP contribution in [0.25, 0.3) is 0 Å². The van der Waals surface area contributed by atoms with Crippen molar-refractivity contribution in [3.05, 3.63) is 21.9 Å². The molecule has 1 aromatic heterocycles. The van der Waals surface area contributed by atoms with Gasteiger partial charge in [-0.25, -0.2) is 0 Å². The average Bonchev–Trinajstić information content (AvgIpc) is 2.65. The lowest BCUT2D eigenvalue weighted by molar-refractivity contribution is 0.146. The van der Waals surface area contributed by atoms with Crippen LogP contribution in [0, 0.1) is 6.92 Å². The number of aryl methyl sites for hydroxylation is 1. The lowest BCUT2D eigenvalue weighted by Gasteiger charge is -2.34. The fourth-order valence-electron chi connectivity index (χ4n) is 2.31. The van der Waals surface area contributed by atoms with Crippen LogP contribution in [0.15, 0.2) is 12.1 Å². The summed E-state index contributed by atoms with van der Waals surface area (Å²) in [7, 11) is 0. The normalized spacial score (nSPS) is 23.2. The Morgan fingerprint density at radius 2 is 2.33 bits per heavy atom. The van der Waals surface area contributed by atoms with E-state index >= 15 is 0 Å². The van der Waals surface area contributed by atoms with Gasteiger partial charge in [-0.05, 0) is 38.4 Å². The largest absolute Gasteiger partial charge is 0.329 e. The number of thiophene rings is 1. The molecule has 1 aliphatic rings. The topological polar surface area (TPSA) is 29.3 Å². The Morgan fingerprint density at radius 3 is 3.00 bits per heavy atom. The Morgan fingerprint density at radius 1 is 1.47 bits per heavy atom. The number of hydrogen-bond donors (Lipinski definition) is 1. The lowest BCUT2D eigenvalue weighted by Crippen LogP contribution is -2.43. The van der Waals surface area contributed by atoms with Gasteiger partial charge in [0.2, 0.25) is 0 Å². The van der Waals surface area contributed by atoms with Crippen LogP contribution < -0.4 is 5.73 Å². The maximum absolute atomic E-state index is 5.81. The van der Waals surface area contributed by atoms with E-state index in [1.165, 1.54) is 35.6 Å². The van der Waals surface area contributed by atoms with Crippen LogP contribution in [0.1, 0.15) is 29.0 Å². The second-order valence-electron chi connectivity index (χ2n) is 4.37. The van der Waals surface area contributed by atoms with Gasteiger partial charge >= 0.3 is 0 Å². The van der Waals surface area contributed by atoms with E-state index in [1.807, 2.05) is 11.3 Å². The molecule has 0 bridgehead atoms. The van der Waals surface area contributed by atoms with Crippen molar-refractivity contribution in [2.45, 2.75) is 38.8 Å². The molecule has 2 rings (SSSR count). The summed E-state index contributed by atoms with van der Waals surface area (Å²) in [6.07, 6.45) is 3.96. The molecule has 3 heteroatoms. The Bertz CT molecular complexity index is 308. The van der Waals surface area contributed by atoms with E-state index in [4.69, 9.17) is 5.73 Å². The van der Waals surface area contributed by atoms with E-state index in [9.17, 15) is 0 Å². The fourth-order valence-corrected chi connectivity index (χ4v) is 3.22. The number of piperidine rings is 1. The third-order valence-corrected chi connectivity index (χ3v) is 4.16. The minimum absolute atomic E-state index is 0.612. The molecule has 0 aliphatic carbocycles. The third kappa shape index (κ3) is 2.80. The number of nitrogens with two attached hydrogens (primary N) is 1. The van der Waals surface area contributed by atoms with Gasteiger partial charge < -0.3 is 5.73 Å². The van der Waals surface area contributed by atoms with Gasteiger partial charge in [0.05, 0.1) is 0 Å². The van der Waals surface area contributed by atoms with E-state index in [2.05, 4.69) is 24.0 Å². The van der Waals surface area contributed by atoms with Gasteiger partial charge in [0.25, 0.3) is 0 Å². The van der Waals surface area contributed by atoms with Crippen LogP contribution in [0.4, 0.5) is 0 Å². The zero-order valence-electron chi connectivity index (χ0n) is 9.41. The quantitative estimate of drug-likeness (QED) is 0.854. The molecule has 15 heavy (non-hydrogen) atoms. The molecule has 2 N–H and O–H groups in total. The zero-order valence-corrected chi connectivity index (χ0v) is 10.2. The van der Waals surface area contributed by atoms with Crippen LogP contribution in [0.2, 0.25) is 0 Å². The van der Waals surface area contributed by atoms with Crippen molar-refractivity contribution in [1.82, 2.24) is 4.90 Å². The molecule has 2 heterocycles. The van der Waals surface area contributed by atoms with Gasteiger partial charge in [0, 0.05) is 28.9 Å². The molecule has 0 saturated carbocycles. The maximum atomic E-state index is 5.81. The molecule has 0 aromatic carbocycles. The highest BCUT2D eigenvalue weighted by atomic mass is 32.1. The van der Waals surface area contributed by atoms with Gasteiger partial charge in [0.15, 0.2) is 0 Å². The first-order chi connectivity index (χ1) is 7.29. The number of rotatable bonds is 3. The summed E-state index contributed by atoms with van der Waals surface area (Å²) in [4.78, 5) is 5.44. The molecule has 1 unspecified atom stereocenters. The summed E-state index contributed by atoms with van der Waals surface area (Å²) in [5.41, 5.74) is 5.81. The van der Waals surface area contributed by atoms with Gasteiger partial charge in [-0.2, -0.15) is 0 Å². The Kier molecular flexibility index (Phi) is 3.78. The molecular formula is C12H20N2S. The first-order valence-corrected chi connectivity index (χ1v) is 6.60. The Balaban J connectivity index is 1.97. The van der Waals surface area contributed by atoms with E-state index in [1.54, 1.807) is 0 Å². The van der Waals surface area contributed by atoms with Gasteiger partial charge in [0.1, 0.15) is 0 Å². The van der Waals surface area contributed by atoms with Crippen LogP contribution in [0.5, 0.6) is 0 Å². The van der Waals surface area contributed by atoms with Crippen LogP contribution >= 0.6 is 11.3 Å². The fraction of sp³-hybridized carbons (Fsp3) is 0.667. The van der Waals surface area contributed by atoms with Crippen molar-refractivity contribution in [2.75, 3.05) is 13.1 Å². The molecule has 1 saturated heterocycles. The SMILES string of the molecule is Cc1ccc(CN2CCCCC2CN)s1. The van der Waals surface area contributed by atoms with Gasteiger partial charge in [-0.15, -0.1) is 11.3 Å². The predicted octanol–water partition coefficient (Wildman–Crippen LogP) is 2.37. The van der Waals surface area contributed by atoms with Crippen molar-refractivity contribution in [1.29, 1.82) is 0 Å². The summed E-state index contributed by atoms with van der Waals surface area (Å²) in [6.45, 7) is 5.30. The Labute approximate surface area is 96.1 Å². The number of nitrogens with zero attached hydrogens (tertiary/aromatic N) is 1. The number of likely N-dealkylation sites (tertiary alicyclic amines) is 1. The highest BCUT2D eigenvalue weighted by molar-refractivity contribution is 7.11. The highest BCUT2D eigenvalue weighted by Crippen LogP contribution is 2.22. The average molecular weight is 224 g/mol. The monoisotopic (exact) mass is 224 g/mol. The van der Waals surface area contributed by atoms with Crippen LogP contribution in [0.3, 0.4) is 0 Å². The summed E-state index contributed by atoms with van der Waals surface area (Å²) in [6, 6.07) is 5.07. The Hall–Kier alpha value is -0.380. The van der Waals surface area contributed by atoms with Crippen molar-refractivity contribution < 1.29 is 0 Å². The standard InChI is InChI=1S/C12H20N2S/c1-10-5-6-12(15-10)9-14-7-3-2-4-11(14)8-13/h5-6,11H,2-4,7-9,13H2,1H3. The van der Waals surface area contributed by atoms with Crippen LogP contribution in [-0.2, 0) is 6.54 Å². The molecule has 0 amide bonds. The molecule has 1 fully saturated rings. The lowest BCUT2D eigenvalue weighted by atomic mass is 10.0. The molecule has 1 aliphatic heterocycles. The summed E-state index contributed by atoms with van der Waals surface area (Å²) < 4.78 is 0. The van der Waals surface area contributed by atoms with Crippen molar-refractivity contribution in [3.8, 4) is 0 Å². The second-order valence-corrected chi connectivity index (χ2v) is 5.74. The van der Waals surface area contributed by atoms with E-state index in [0.717, 1.165) is 13.1 Å². The van der Waals surface area contributed by atoms with Crippen molar-refractivity contribution in [3.63, 3.8) is 0 Å². The molecule has 84 valence electrons. The smallest absolute Gasteiger partial charge is 0.0331 e. The summed E-state index contributed by atoms with van der Waals surface area (Å²) in [5.74, 6) is 0. The second kappa shape index (κ2) is 5.10. The van der Waals surface area contributed by atoms with Crippen LogP contribution in [-0.4, -0.2) is 24.0 Å². The van der Waals surface area contributed by atoms with E-state index in [-0.39, 0.29) is 0 Å². The van der Waals surface area contributed by atoms with Gasteiger partial charge in [-0.1, -0.05) is 6.42 Å². The summed E-state index contributed by atoms with van der Waals surface area (Å²) in [5, 5.41) is 0. The molecule has 1 aromatic rings. The minimum Gasteiger partial charge on any atom is -0.329 e. The third-order valence-electron chi connectivity index (χ3n) is 3.18. The first-order valence-electron chi connectivity index (χ1n) is 5.79. The zero-order chi connectivity index (χ0) is 10.7. The highest BCUT2D eigenvalue weighted by Gasteiger charge is 2.21. The summed E-state index contributed by atoms with van der Waals surface area (Å²) >= 11 is 1.91. The van der Waals surface area contributed by atoms with Crippen molar-refractivity contribution >= 4 is 11.3 Å². The molecule has 0 spiro atoms.